The molecule has 0 saturated heterocycles. The number of benzene rings is 1. The normalized spacial score (nSPS) is 11.8. The van der Waals surface area contributed by atoms with Crippen molar-refractivity contribution in [3.63, 3.8) is 0 Å². The number of hydrogen-bond donors (Lipinski definition) is 2. The summed E-state index contributed by atoms with van der Waals surface area (Å²) in [5.41, 5.74) is 6.17. The average Bonchev–Trinajstić information content (AvgIpc) is 2.35. The van der Waals surface area contributed by atoms with Crippen molar-refractivity contribution < 1.29 is 14.3 Å². The molecule has 94 valence electrons. The second-order valence-corrected chi connectivity index (χ2v) is 3.70. The van der Waals surface area contributed by atoms with E-state index in [4.69, 9.17) is 15.7 Å². The van der Waals surface area contributed by atoms with Crippen molar-refractivity contribution in [1.29, 1.82) is 0 Å². The van der Waals surface area contributed by atoms with Crippen molar-refractivity contribution in [2.75, 3.05) is 6.61 Å². The summed E-state index contributed by atoms with van der Waals surface area (Å²) < 4.78 is 18.9. The lowest BCUT2D eigenvalue weighted by molar-refractivity contribution is 0.115. The molecule has 4 nitrogen and oxygen atoms in total. The molecule has 0 spiro atoms. The highest BCUT2D eigenvalue weighted by Gasteiger charge is 2.06. The monoisotopic (exact) mass is 240 g/mol. The summed E-state index contributed by atoms with van der Waals surface area (Å²) in [5, 5.41) is 11.3. The van der Waals surface area contributed by atoms with E-state index in [1.54, 1.807) is 12.1 Å². The quantitative estimate of drug-likeness (QED) is 0.263. The van der Waals surface area contributed by atoms with Crippen molar-refractivity contribution in [1.82, 2.24) is 0 Å². The van der Waals surface area contributed by atoms with Crippen LogP contribution in [0.3, 0.4) is 0 Å². The molecule has 0 aliphatic rings. The molecule has 0 atom stereocenters. The molecule has 1 aromatic rings. The van der Waals surface area contributed by atoms with E-state index in [1.165, 1.54) is 6.07 Å². The highest BCUT2D eigenvalue weighted by molar-refractivity contribution is 5.97. The van der Waals surface area contributed by atoms with Crippen molar-refractivity contribution in [3.8, 4) is 0 Å². The summed E-state index contributed by atoms with van der Waals surface area (Å²) in [6.07, 6.45) is 2.01. The van der Waals surface area contributed by atoms with Crippen LogP contribution in [0.5, 0.6) is 0 Å². The van der Waals surface area contributed by atoms with Crippen molar-refractivity contribution in [2.45, 2.75) is 26.4 Å². The van der Waals surface area contributed by atoms with Gasteiger partial charge in [-0.25, -0.2) is 4.39 Å². The molecule has 1 aromatic carbocycles. The van der Waals surface area contributed by atoms with E-state index in [0.29, 0.717) is 17.7 Å². The third-order valence-corrected chi connectivity index (χ3v) is 2.36. The van der Waals surface area contributed by atoms with Gasteiger partial charge in [0.1, 0.15) is 5.82 Å². The predicted octanol–water partition coefficient (Wildman–Crippen LogP) is 2.24. The van der Waals surface area contributed by atoms with Gasteiger partial charge in [-0.3, -0.25) is 0 Å². The Morgan fingerprint density at radius 3 is 2.88 bits per heavy atom. The molecule has 1 rings (SSSR count). The largest absolute Gasteiger partial charge is 0.409 e. The van der Waals surface area contributed by atoms with E-state index in [2.05, 4.69) is 12.1 Å². The Bertz CT molecular complexity index is 394. The predicted molar refractivity (Wildman–Crippen MR) is 63.5 cm³/mol. The van der Waals surface area contributed by atoms with Gasteiger partial charge in [-0.15, -0.1) is 0 Å². The molecular formula is C12H17FN2O2. The minimum Gasteiger partial charge on any atom is -0.409 e. The first-order chi connectivity index (χ1) is 8.19. The minimum absolute atomic E-state index is 0.109. The van der Waals surface area contributed by atoms with E-state index < -0.39 is 5.82 Å². The molecule has 0 heterocycles. The molecule has 0 amide bonds. The van der Waals surface area contributed by atoms with Crippen LogP contribution in [0.15, 0.2) is 23.4 Å². The lowest BCUT2D eigenvalue weighted by Gasteiger charge is -2.06. The van der Waals surface area contributed by atoms with Gasteiger partial charge in [-0.2, -0.15) is 0 Å². The Balaban J connectivity index is 2.63. The molecule has 5 heteroatoms. The maximum atomic E-state index is 13.6. The summed E-state index contributed by atoms with van der Waals surface area (Å²) in [4.78, 5) is 0. The van der Waals surface area contributed by atoms with Crippen molar-refractivity contribution in [2.24, 2.45) is 10.9 Å². The SMILES string of the molecule is CCCCOCc1ccc(/C(N)=N/O)cc1F. The summed E-state index contributed by atoms with van der Waals surface area (Å²) in [6.45, 7) is 2.93. The lowest BCUT2D eigenvalue weighted by Crippen LogP contribution is -2.13. The van der Waals surface area contributed by atoms with Gasteiger partial charge in [0.2, 0.25) is 0 Å². The summed E-state index contributed by atoms with van der Waals surface area (Å²) >= 11 is 0. The van der Waals surface area contributed by atoms with E-state index in [9.17, 15) is 4.39 Å². The third kappa shape index (κ3) is 4.03. The standard InChI is InChI=1S/C12H17FN2O2/c1-2-3-6-17-8-10-5-4-9(7-11(10)13)12(14)15-16/h4-5,7,16H,2-3,6,8H2,1H3,(H2,14,15). The van der Waals surface area contributed by atoms with Gasteiger partial charge in [-0.05, 0) is 12.5 Å². The van der Waals surface area contributed by atoms with Gasteiger partial charge in [0.15, 0.2) is 5.84 Å². The van der Waals surface area contributed by atoms with Crippen molar-refractivity contribution in [3.05, 3.63) is 35.1 Å². The number of nitrogens with zero attached hydrogens (tertiary/aromatic N) is 1. The molecule has 17 heavy (non-hydrogen) atoms. The third-order valence-electron chi connectivity index (χ3n) is 2.36. The molecule has 0 radical (unpaired) electrons. The first kappa shape index (κ1) is 13.4. The summed E-state index contributed by atoms with van der Waals surface area (Å²) in [5.74, 6) is -0.520. The Labute approximate surface area is 99.9 Å². The van der Waals surface area contributed by atoms with Crippen LogP contribution in [0.2, 0.25) is 0 Å². The number of amidine groups is 1. The van der Waals surface area contributed by atoms with Gasteiger partial charge in [-0.1, -0.05) is 30.6 Å². The highest BCUT2D eigenvalue weighted by atomic mass is 19.1. The Morgan fingerprint density at radius 2 is 2.29 bits per heavy atom. The van der Waals surface area contributed by atoms with Crippen LogP contribution in [0.25, 0.3) is 0 Å². The number of hydrogen-bond acceptors (Lipinski definition) is 3. The number of rotatable bonds is 6. The van der Waals surface area contributed by atoms with Crippen LogP contribution in [-0.2, 0) is 11.3 Å². The topological polar surface area (TPSA) is 67.8 Å². The summed E-state index contributed by atoms with van der Waals surface area (Å²) in [7, 11) is 0. The smallest absolute Gasteiger partial charge is 0.170 e. The number of oxime groups is 1. The second kappa shape index (κ2) is 6.85. The zero-order valence-corrected chi connectivity index (χ0v) is 9.82. The average molecular weight is 240 g/mol. The van der Waals surface area contributed by atoms with E-state index in [1.807, 2.05) is 0 Å². The summed E-state index contributed by atoms with van der Waals surface area (Å²) in [6, 6.07) is 4.40. The fourth-order valence-corrected chi connectivity index (χ4v) is 1.31. The van der Waals surface area contributed by atoms with Gasteiger partial charge < -0.3 is 15.7 Å². The van der Waals surface area contributed by atoms with Gasteiger partial charge in [0, 0.05) is 17.7 Å². The van der Waals surface area contributed by atoms with Gasteiger partial charge in [0.25, 0.3) is 0 Å². The van der Waals surface area contributed by atoms with Crippen LogP contribution in [0.4, 0.5) is 4.39 Å². The second-order valence-electron chi connectivity index (χ2n) is 3.70. The lowest BCUT2D eigenvalue weighted by atomic mass is 10.1. The van der Waals surface area contributed by atoms with Crippen LogP contribution >= 0.6 is 0 Å². The number of nitrogens with two attached hydrogens (primary N) is 1. The molecule has 0 aliphatic carbocycles. The highest BCUT2D eigenvalue weighted by Crippen LogP contribution is 2.12. The number of ether oxygens (including phenoxy) is 1. The molecule has 0 unspecified atom stereocenters. The van der Waals surface area contributed by atoms with Gasteiger partial charge in [0.05, 0.1) is 6.61 Å². The Morgan fingerprint density at radius 1 is 1.53 bits per heavy atom. The molecule has 0 fully saturated rings. The Hall–Kier alpha value is -1.62. The number of halogens is 1. The van der Waals surface area contributed by atoms with Crippen LogP contribution < -0.4 is 5.73 Å². The first-order valence-electron chi connectivity index (χ1n) is 5.53. The van der Waals surface area contributed by atoms with Crippen LogP contribution in [0, 0.1) is 5.82 Å². The Kier molecular flexibility index (Phi) is 5.42. The van der Waals surface area contributed by atoms with E-state index >= 15 is 0 Å². The van der Waals surface area contributed by atoms with Crippen LogP contribution in [-0.4, -0.2) is 17.6 Å². The minimum atomic E-state index is -0.411. The first-order valence-corrected chi connectivity index (χ1v) is 5.53. The van der Waals surface area contributed by atoms with Crippen LogP contribution in [0.1, 0.15) is 30.9 Å². The van der Waals surface area contributed by atoms with E-state index in [-0.39, 0.29) is 12.4 Å². The zero-order valence-electron chi connectivity index (χ0n) is 9.82. The van der Waals surface area contributed by atoms with E-state index in [0.717, 1.165) is 12.8 Å². The molecule has 0 saturated carbocycles. The molecular weight excluding hydrogens is 223 g/mol. The maximum Gasteiger partial charge on any atom is 0.170 e. The molecule has 0 aromatic heterocycles. The molecule has 0 bridgehead atoms. The molecule has 3 N–H and O–H groups in total. The van der Waals surface area contributed by atoms with Gasteiger partial charge >= 0.3 is 0 Å². The number of unbranched alkanes of at least 4 members (excludes halogenated alkanes) is 1. The molecule has 0 aliphatic heterocycles. The fourth-order valence-electron chi connectivity index (χ4n) is 1.31. The van der Waals surface area contributed by atoms with Crippen molar-refractivity contribution >= 4 is 5.84 Å². The fraction of sp³-hybridized carbons (Fsp3) is 0.417. The maximum absolute atomic E-state index is 13.6. The zero-order chi connectivity index (χ0) is 12.7.